The van der Waals surface area contributed by atoms with Crippen LogP contribution < -0.4 is 5.32 Å². The molecule has 0 aliphatic carbocycles. The smallest absolute Gasteiger partial charge is 0.00639 e. The minimum absolute atomic E-state index is 0.767. The zero-order valence-corrected chi connectivity index (χ0v) is 14.7. The number of hydrogen-bond donors (Lipinski definition) is 1. The average molecular weight is 284 g/mol. The van der Waals surface area contributed by atoms with E-state index in [1.165, 1.54) is 96.3 Å². The lowest BCUT2D eigenvalue weighted by molar-refractivity contribution is 0.452. The molecule has 1 nitrogen and oxygen atoms in total. The summed E-state index contributed by atoms with van der Waals surface area (Å²) in [7, 11) is 2.11. The lowest BCUT2D eigenvalue weighted by Crippen LogP contribution is -2.24. The summed E-state index contributed by atoms with van der Waals surface area (Å²) < 4.78 is 0. The van der Waals surface area contributed by atoms with Gasteiger partial charge in [0.15, 0.2) is 0 Å². The van der Waals surface area contributed by atoms with Gasteiger partial charge in [-0.2, -0.15) is 0 Å². The van der Waals surface area contributed by atoms with Gasteiger partial charge < -0.3 is 5.32 Å². The van der Waals surface area contributed by atoms with Crippen LogP contribution in [0.4, 0.5) is 0 Å². The lowest BCUT2D eigenvalue weighted by atomic mass is 10.0. The molecule has 1 atom stereocenters. The monoisotopic (exact) mass is 283 g/mol. The Hall–Kier alpha value is -0.0400. The Morgan fingerprint density at radius 3 is 1.40 bits per heavy atom. The minimum Gasteiger partial charge on any atom is -0.317 e. The number of nitrogens with one attached hydrogen (secondary N) is 1. The van der Waals surface area contributed by atoms with Crippen LogP contribution in [0, 0.1) is 0 Å². The van der Waals surface area contributed by atoms with Crippen LogP contribution in [0.15, 0.2) is 0 Å². The third kappa shape index (κ3) is 14.4. The largest absolute Gasteiger partial charge is 0.317 e. The van der Waals surface area contributed by atoms with Gasteiger partial charge in [0.1, 0.15) is 0 Å². The molecule has 1 N–H and O–H groups in total. The SMILES string of the molecule is CCCCCCCCCCCCCCC(CCC)NC. The van der Waals surface area contributed by atoms with E-state index in [1.54, 1.807) is 0 Å². The van der Waals surface area contributed by atoms with E-state index < -0.39 is 0 Å². The van der Waals surface area contributed by atoms with E-state index in [1.807, 2.05) is 0 Å². The van der Waals surface area contributed by atoms with Gasteiger partial charge in [0.05, 0.1) is 0 Å². The second-order valence-electron chi connectivity index (χ2n) is 6.45. The second-order valence-corrected chi connectivity index (χ2v) is 6.45. The molecule has 0 saturated carbocycles. The molecule has 0 aromatic rings. The van der Waals surface area contributed by atoms with Crippen LogP contribution in [0.25, 0.3) is 0 Å². The van der Waals surface area contributed by atoms with Gasteiger partial charge in [-0.25, -0.2) is 0 Å². The molecule has 0 rings (SSSR count). The topological polar surface area (TPSA) is 12.0 Å². The lowest BCUT2D eigenvalue weighted by Gasteiger charge is -2.14. The van der Waals surface area contributed by atoms with Crippen molar-refractivity contribution in [2.45, 2.75) is 116 Å². The predicted octanol–water partition coefficient (Wildman–Crippen LogP) is 6.47. The van der Waals surface area contributed by atoms with Crippen molar-refractivity contribution in [1.29, 1.82) is 0 Å². The molecule has 0 amide bonds. The zero-order valence-electron chi connectivity index (χ0n) is 14.7. The molecule has 0 aliphatic rings. The third-order valence-corrected chi connectivity index (χ3v) is 4.45. The van der Waals surface area contributed by atoms with Crippen LogP contribution in [0.1, 0.15) is 110 Å². The Morgan fingerprint density at radius 2 is 1.00 bits per heavy atom. The highest BCUT2D eigenvalue weighted by Gasteiger charge is 2.03. The van der Waals surface area contributed by atoms with E-state index in [9.17, 15) is 0 Å². The van der Waals surface area contributed by atoms with Gasteiger partial charge in [-0.05, 0) is 19.9 Å². The van der Waals surface area contributed by atoms with Crippen LogP contribution in [-0.4, -0.2) is 13.1 Å². The molecule has 122 valence electrons. The molecule has 0 aromatic heterocycles. The van der Waals surface area contributed by atoms with Crippen molar-refractivity contribution >= 4 is 0 Å². The third-order valence-electron chi connectivity index (χ3n) is 4.45. The number of hydrogen-bond acceptors (Lipinski definition) is 1. The Balaban J connectivity index is 3.09. The van der Waals surface area contributed by atoms with Gasteiger partial charge in [-0.15, -0.1) is 0 Å². The van der Waals surface area contributed by atoms with Crippen LogP contribution >= 0.6 is 0 Å². The molecular weight excluding hydrogens is 242 g/mol. The second kappa shape index (κ2) is 17.0. The molecule has 0 spiro atoms. The van der Waals surface area contributed by atoms with E-state index >= 15 is 0 Å². The Labute approximate surface area is 129 Å². The van der Waals surface area contributed by atoms with Crippen LogP contribution in [0.5, 0.6) is 0 Å². The molecular formula is C19H41N. The molecule has 0 bridgehead atoms. The molecule has 0 aliphatic heterocycles. The Kier molecular flexibility index (Phi) is 17.0. The van der Waals surface area contributed by atoms with E-state index in [-0.39, 0.29) is 0 Å². The van der Waals surface area contributed by atoms with Crippen LogP contribution in [0.3, 0.4) is 0 Å². The van der Waals surface area contributed by atoms with Gasteiger partial charge in [0.25, 0.3) is 0 Å². The van der Waals surface area contributed by atoms with E-state index in [0.29, 0.717) is 0 Å². The first-order valence-electron chi connectivity index (χ1n) is 9.52. The standard InChI is InChI=1S/C19H41N/c1-4-6-7-8-9-10-11-12-13-14-15-16-18-19(20-3)17-5-2/h19-20H,4-18H2,1-3H3. The van der Waals surface area contributed by atoms with Gasteiger partial charge in [0, 0.05) is 6.04 Å². The maximum Gasteiger partial charge on any atom is 0.00639 e. The van der Waals surface area contributed by atoms with Gasteiger partial charge in [-0.3, -0.25) is 0 Å². The maximum atomic E-state index is 3.44. The summed E-state index contributed by atoms with van der Waals surface area (Å²) in [5, 5.41) is 3.44. The summed E-state index contributed by atoms with van der Waals surface area (Å²) >= 11 is 0. The van der Waals surface area contributed by atoms with Crippen molar-refractivity contribution in [3.8, 4) is 0 Å². The zero-order chi connectivity index (χ0) is 14.9. The molecule has 1 unspecified atom stereocenters. The summed E-state index contributed by atoms with van der Waals surface area (Å²) in [6.07, 6.45) is 21.4. The summed E-state index contributed by atoms with van der Waals surface area (Å²) in [4.78, 5) is 0. The fraction of sp³-hybridized carbons (Fsp3) is 1.00. The quantitative estimate of drug-likeness (QED) is 0.320. The van der Waals surface area contributed by atoms with Gasteiger partial charge in [0.2, 0.25) is 0 Å². The van der Waals surface area contributed by atoms with Crippen LogP contribution in [-0.2, 0) is 0 Å². The summed E-state index contributed by atoms with van der Waals surface area (Å²) in [6, 6.07) is 0.767. The van der Waals surface area contributed by atoms with Crippen molar-refractivity contribution in [2.24, 2.45) is 0 Å². The molecule has 0 aromatic carbocycles. The average Bonchev–Trinajstić information content (AvgIpc) is 2.47. The van der Waals surface area contributed by atoms with Crippen molar-refractivity contribution < 1.29 is 0 Å². The fourth-order valence-corrected chi connectivity index (χ4v) is 3.01. The molecule has 0 saturated heterocycles. The van der Waals surface area contributed by atoms with Crippen molar-refractivity contribution in [3.63, 3.8) is 0 Å². The molecule has 1 heteroatoms. The first-order chi connectivity index (χ1) is 9.85. The maximum absolute atomic E-state index is 3.44. The number of rotatable bonds is 16. The number of unbranched alkanes of at least 4 members (excludes halogenated alkanes) is 11. The highest BCUT2D eigenvalue weighted by atomic mass is 14.9. The first kappa shape index (κ1) is 20.0. The van der Waals surface area contributed by atoms with Gasteiger partial charge >= 0.3 is 0 Å². The van der Waals surface area contributed by atoms with E-state index in [2.05, 4.69) is 26.2 Å². The Morgan fingerprint density at radius 1 is 0.550 bits per heavy atom. The first-order valence-corrected chi connectivity index (χ1v) is 9.52. The summed E-state index contributed by atoms with van der Waals surface area (Å²) in [6.45, 7) is 4.58. The normalized spacial score (nSPS) is 12.8. The van der Waals surface area contributed by atoms with Crippen molar-refractivity contribution in [1.82, 2.24) is 5.32 Å². The van der Waals surface area contributed by atoms with Crippen molar-refractivity contribution in [3.05, 3.63) is 0 Å². The van der Waals surface area contributed by atoms with Crippen LogP contribution in [0.2, 0.25) is 0 Å². The van der Waals surface area contributed by atoms with Crippen molar-refractivity contribution in [2.75, 3.05) is 7.05 Å². The highest BCUT2D eigenvalue weighted by Crippen LogP contribution is 2.13. The van der Waals surface area contributed by atoms with E-state index in [0.717, 1.165) is 6.04 Å². The fourth-order valence-electron chi connectivity index (χ4n) is 3.01. The molecule has 0 heterocycles. The molecule has 20 heavy (non-hydrogen) atoms. The minimum atomic E-state index is 0.767. The molecule has 0 radical (unpaired) electrons. The highest BCUT2D eigenvalue weighted by molar-refractivity contribution is 4.63. The summed E-state index contributed by atoms with van der Waals surface area (Å²) in [5.41, 5.74) is 0. The summed E-state index contributed by atoms with van der Waals surface area (Å²) in [5.74, 6) is 0. The predicted molar refractivity (Wildman–Crippen MR) is 93.5 cm³/mol. The van der Waals surface area contributed by atoms with E-state index in [4.69, 9.17) is 0 Å². The Bertz CT molecular complexity index is 167. The van der Waals surface area contributed by atoms with Gasteiger partial charge in [-0.1, -0.05) is 97.3 Å². The molecule has 0 fully saturated rings.